The van der Waals surface area contributed by atoms with Crippen LogP contribution in [0.15, 0.2) is 41.5 Å². The minimum Gasteiger partial charge on any atom is -0.373 e. The van der Waals surface area contributed by atoms with Crippen molar-refractivity contribution in [1.82, 2.24) is 19.8 Å². The van der Waals surface area contributed by atoms with E-state index in [1.165, 1.54) is 12.1 Å². The monoisotopic (exact) mass is 394 g/mol. The smallest absolute Gasteiger partial charge is 0.255 e. The fourth-order valence-electron chi connectivity index (χ4n) is 5.13. The van der Waals surface area contributed by atoms with Crippen molar-refractivity contribution in [3.8, 4) is 0 Å². The maximum Gasteiger partial charge on any atom is 0.255 e. The molecule has 2 atom stereocenters. The van der Waals surface area contributed by atoms with E-state index in [1.807, 2.05) is 12.3 Å². The SMILES string of the molecule is O=c1c(CN2CCC(OCc3cccnc3)CC2)ccc2n1C[C@@H]1CNC[C@H]2C1. The lowest BCUT2D eigenvalue weighted by Gasteiger charge is -2.38. The van der Waals surface area contributed by atoms with Crippen LogP contribution in [-0.2, 0) is 24.4 Å². The molecule has 0 spiro atoms. The summed E-state index contributed by atoms with van der Waals surface area (Å²) in [6.07, 6.45) is 7.20. The van der Waals surface area contributed by atoms with E-state index in [-0.39, 0.29) is 5.56 Å². The number of ether oxygens (including phenoxy) is 1. The van der Waals surface area contributed by atoms with Gasteiger partial charge in [0.05, 0.1) is 12.7 Å². The molecule has 2 saturated heterocycles. The van der Waals surface area contributed by atoms with Gasteiger partial charge in [-0.2, -0.15) is 0 Å². The van der Waals surface area contributed by atoms with E-state index in [2.05, 4.69) is 38.0 Å². The Bertz CT molecular complexity index is 889. The number of aromatic nitrogens is 2. The van der Waals surface area contributed by atoms with Crippen LogP contribution in [0.2, 0.25) is 0 Å². The fourth-order valence-corrected chi connectivity index (χ4v) is 5.13. The van der Waals surface area contributed by atoms with Crippen LogP contribution in [0.4, 0.5) is 0 Å². The third-order valence-corrected chi connectivity index (χ3v) is 6.72. The van der Waals surface area contributed by atoms with Gasteiger partial charge in [-0.05, 0) is 49.4 Å². The van der Waals surface area contributed by atoms with Gasteiger partial charge in [-0.25, -0.2) is 0 Å². The number of piperidine rings is 2. The van der Waals surface area contributed by atoms with E-state index in [4.69, 9.17) is 4.74 Å². The van der Waals surface area contributed by atoms with Crippen LogP contribution in [0, 0.1) is 5.92 Å². The summed E-state index contributed by atoms with van der Waals surface area (Å²) in [6, 6.07) is 8.28. The minimum atomic E-state index is 0.231. The Kier molecular flexibility index (Phi) is 5.48. The molecule has 0 radical (unpaired) electrons. The first-order chi connectivity index (χ1) is 14.3. The van der Waals surface area contributed by atoms with Crippen molar-refractivity contribution >= 4 is 0 Å². The molecule has 1 N–H and O–H groups in total. The van der Waals surface area contributed by atoms with Gasteiger partial charge in [0.1, 0.15) is 0 Å². The normalized spacial score (nSPS) is 25.0. The maximum atomic E-state index is 13.1. The number of rotatable bonds is 5. The molecule has 5 heterocycles. The lowest BCUT2D eigenvalue weighted by molar-refractivity contribution is -0.00413. The van der Waals surface area contributed by atoms with E-state index in [0.717, 1.165) is 63.2 Å². The first-order valence-electron chi connectivity index (χ1n) is 10.9. The lowest BCUT2D eigenvalue weighted by Crippen LogP contribution is -2.46. The molecule has 3 aliphatic rings. The zero-order valence-electron chi connectivity index (χ0n) is 16.9. The van der Waals surface area contributed by atoms with Crippen molar-refractivity contribution in [3.63, 3.8) is 0 Å². The summed E-state index contributed by atoms with van der Waals surface area (Å²) >= 11 is 0. The van der Waals surface area contributed by atoms with Gasteiger partial charge in [-0.15, -0.1) is 0 Å². The number of pyridine rings is 2. The van der Waals surface area contributed by atoms with Gasteiger partial charge < -0.3 is 14.6 Å². The van der Waals surface area contributed by atoms with E-state index in [9.17, 15) is 4.79 Å². The van der Waals surface area contributed by atoms with Crippen LogP contribution < -0.4 is 10.9 Å². The van der Waals surface area contributed by atoms with E-state index in [0.29, 0.717) is 24.5 Å². The molecule has 154 valence electrons. The quantitative estimate of drug-likeness (QED) is 0.842. The maximum absolute atomic E-state index is 13.1. The van der Waals surface area contributed by atoms with Crippen LogP contribution in [0.25, 0.3) is 0 Å². The summed E-state index contributed by atoms with van der Waals surface area (Å²) < 4.78 is 8.14. The Morgan fingerprint density at radius 1 is 1.17 bits per heavy atom. The second-order valence-corrected chi connectivity index (χ2v) is 8.80. The second kappa shape index (κ2) is 8.38. The highest BCUT2D eigenvalue weighted by Gasteiger charge is 2.31. The van der Waals surface area contributed by atoms with Gasteiger partial charge in [0.2, 0.25) is 0 Å². The van der Waals surface area contributed by atoms with Crippen LogP contribution in [0.1, 0.15) is 42.0 Å². The highest BCUT2D eigenvalue weighted by atomic mass is 16.5. The number of likely N-dealkylation sites (tertiary alicyclic amines) is 1. The Hall–Kier alpha value is -2.02. The molecule has 6 nitrogen and oxygen atoms in total. The van der Waals surface area contributed by atoms with E-state index < -0.39 is 0 Å². The summed E-state index contributed by atoms with van der Waals surface area (Å²) in [6.45, 7) is 6.25. The second-order valence-electron chi connectivity index (χ2n) is 8.80. The average Bonchev–Trinajstić information content (AvgIpc) is 2.76. The van der Waals surface area contributed by atoms with Crippen LogP contribution in [0.3, 0.4) is 0 Å². The molecule has 2 aromatic heterocycles. The number of nitrogens with one attached hydrogen (secondary N) is 1. The van der Waals surface area contributed by atoms with Gasteiger partial charge in [-0.3, -0.25) is 14.7 Å². The molecular weight excluding hydrogens is 364 g/mol. The molecule has 0 aliphatic carbocycles. The topological polar surface area (TPSA) is 59.4 Å². The van der Waals surface area contributed by atoms with Gasteiger partial charge in [0.15, 0.2) is 0 Å². The average molecular weight is 395 g/mol. The van der Waals surface area contributed by atoms with Crippen molar-refractivity contribution in [2.45, 2.75) is 51.0 Å². The molecule has 0 aromatic carbocycles. The van der Waals surface area contributed by atoms with Crippen molar-refractivity contribution < 1.29 is 4.74 Å². The molecule has 5 rings (SSSR count). The molecule has 29 heavy (non-hydrogen) atoms. The highest BCUT2D eigenvalue weighted by molar-refractivity contribution is 5.22. The van der Waals surface area contributed by atoms with Crippen LogP contribution in [-0.4, -0.2) is 46.7 Å². The summed E-state index contributed by atoms with van der Waals surface area (Å²) in [5.74, 6) is 1.10. The molecule has 2 bridgehead atoms. The Morgan fingerprint density at radius 2 is 2.07 bits per heavy atom. The predicted molar refractivity (Wildman–Crippen MR) is 112 cm³/mol. The predicted octanol–water partition coefficient (Wildman–Crippen LogP) is 2.13. The van der Waals surface area contributed by atoms with Crippen molar-refractivity contribution in [2.24, 2.45) is 5.92 Å². The third kappa shape index (κ3) is 4.15. The molecule has 2 aromatic rings. The van der Waals surface area contributed by atoms with E-state index in [1.54, 1.807) is 6.20 Å². The van der Waals surface area contributed by atoms with Crippen molar-refractivity contribution in [2.75, 3.05) is 26.2 Å². The molecule has 6 heteroatoms. The zero-order chi connectivity index (χ0) is 19.6. The summed E-state index contributed by atoms with van der Waals surface area (Å²) in [7, 11) is 0. The van der Waals surface area contributed by atoms with Crippen molar-refractivity contribution in [1.29, 1.82) is 0 Å². The largest absolute Gasteiger partial charge is 0.373 e. The number of nitrogens with zero attached hydrogens (tertiary/aromatic N) is 3. The Labute approximate surface area is 171 Å². The van der Waals surface area contributed by atoms with Gasteiger partial charge in [0.25, 0.3) is 5.56 Å². The summed E-state index contributed by atoms with van der Waals surface area (Å²) in [4.78, 5) is 19.7. The molecule has 2 fully saturated rings. The van der Waals surface area contributed by atoms with Crippen molar-refractivity contribution in [3.05, 3.63) is 63.8 Å². The highest BCUT2D eigenvalue weighted by Crippen LogP contribution is 2.31. The van der Waals surface area contributed by atoms with Gasteiger partial charge in [-0.1, -0.05) is 12.1 Å². The number of fused-ring (bicyclic) bond motifs is 4. The molecule has 0 saturated carbocycles. The first kappa shape index (κ1) is 19.0. The summed E-state index contributed by atoms with van der Waals surface area (Å²) in [5.41, 5.74) is 3.52. The Balaban J connectivity index is 1.18. The third-order valence-electron chi connectivity index (χ3n) is 6.72. The van der Waals surface area contributed by atoms with Gasteiger partial charge in [0, 0.05) is 62.3 Å². The standard InChI is InChI=1S/C23H30N4O2/c28-23-19(3-4-22-20-10-18(12-25-13-20)14-27(22)23)15-26-8-5-21(6-9-26)29-16-17-2-1-7-24-11-17/h1-4,7,11,18,20-21,25H,5-6,8-10,12-16H2/t18-,20+/m0/s1. The zero-order valence-corrected chi connectivity index (χ0v) is 16.9. The molecule has 0 amide bonds. The fraction of sp³-hybridized carbons (Fsp3) is 0.565. The Morgan fingerprint density at radius 3 is 2.90 bits per heavy atom. The van der Waals surface area contributed by atoms with E-state index >= 15 is 0 Å². The molecule has 0 unspecified atom stereocenters. The van der Waals surface area contributed by atoms with Crippen LogP contribution in [0.5, 0.6) is 0 Å². The molecular formula is C23H30N4O2. The first-order valence-corrected chi connectivity index (χ1v) is 10.9. The molecule has 3 aliphatic heterocycles. The number of hydrogen-bond acceptors (Lipinski definition) is 5. The van der Waals surface area contributed by atoms with Crippen LogP contribution >= 0.6 is 0 Å². The summed E-state index contributed by atoms with van der Waals surface area (Å²) in [5, 5.41) is 3.51. The van der Waals surface area contributed by atoms with Gasteiger partial charge >= 0.3 is 0 Å². The number of hydrogen-bond donors (Lipinski definition) is 1. The lowest BCUT2D eigenvalue weighted by atomic mass is 9.84. The minimum absolute atomic E-state index is 0.231.